The van der Waals surface area contributed by atoms with Crippen LogP contribution in [0.25, 0.3) is 0 Å². The number of aromatic nitrogens is 1. The van der Waals surface area contributed by atoms with Gasteiger partial charge in [0.05, 0.1) is 25.5 Å². The van der Waals surface area contributed by atoms with Crippen molar-refractivity contribution in [3.8, 4) is 5.75 Å². The molecule has 5 nitrogen and oxygen atoms in total. The van der Waals surface area contributed by atoms with Gasteiger partial charge in [-0.15, -0.1) is 0 Å². The maximum atomic E-state index is 12.0. The highest BCUT2D eigenvalue weighted by atomic mass is 19.4. The van der Waals surface area contributed by atoms with E-state index in [0.29, 0.717) is 17.9 Å². The van der Waals surface area contributed by atoms with Crippen molar-refractivity contribution in [2.75, 3.05) is 19.8 Å². The van der Waals surface area contributed by atoms with Crippen molar-refractivity contribution in [1.29, 1.82) is 0 Å². The monoisotopic (exact) mass is 293 g/mol. The third-order valence-electron chi connectivity index (χ3n) is 2.36. The van der Waals surface area contributed by atoms with Gasteiger partial charge in [-0.1, -0.05) is 6.92 Å². The molecule has 0 aliphatic rings. The van der Waals surface area contributed by atoms with Gasteiger partial charge in [0.2, 0.25) is 0 Å². The molecule has 1 rings (SSSR count). The first kappa shape index (κ1) is 16.7. The van der Waals surface area contributed by atoms with E-state index in [0.717, 1.165) is 6.42 Å². The van der Waals surface area contributed by atoms with Crippen LogP contribution in [-0.2, 0) is 4.74 Å². The molecule has 0 fully saturated rings. The standard InChI is InChI=1S/C12H18F3N3O2/c1-2-3-20-10-4-9(5-17-6-10)11(18-16)7-19-8-12(13,14)15/h4-6,11,18H,2-3,7-8,16H2,1H3. The summed E-state index contributed by atoms with van der Waals surface area (Å²) < 4.78 is 46.0. The lowest BCUT2D eigenvalue weighted by Gasteiger charge is -2.17. The highest BCUT2D eigenvalue weighted by Crippen LogP contribution is 2.20. The largest absolute Gasteiger partial charge is 0.492 e. The maximum Gasteiger partial charge on any atom is 0.411 e. The number of ether oxygens (including phenoxy) is 2. The molecule has 1 heterocycles. The van der Waals surface area contributed by atoms with Crippen LogP contribution >= 0.6 is 0 Å². The molecule has 0 aromatic carbocycles. The van der Waals surface area contributed by atoms with Crippen LogP contribution in [-0.4, -0.2) is 31.0 Å². The number of halogens is 3. The molecule has 8 heteroatoms. The number of nitrogens with two attached hydrogens (primary N) is 1. The zero-order chi connectivity index (χ0) is 15.0. The number of hydrogen-bond donors (Lipinski definition) is 2. The molecule has 0 spiro atoms. The molecule has 0 bridgehead atoms. The second kappa shape index (κ2) is 8.03. The molecule has 0 amide bonds. The average Bonchev–Trinajstić information content (AvgIpc) is 2.40. The van der Waals surface area contributed by atoms with E-state index in [-0.39, 0.29) is 6.61 Å². The molecule has 0 radical (unpaired) electrons. The van der Waals surface area contributed by atoms with Crippen LogP contribution in [0.2, 0.25) is 0 Å². The molecule has 114 valence electrons. The summed E-state index contributed by atoms with van der Waals surface area (Å²) in [6.45, 7) is 0.975. The molecule has 0 saturated carbocycles. The molecule has 1 aromatic rings. The Labute approximate surface area is 115 Å². The molecule has 3 N–H and O–H groups in total. The Morgan fingerprint density at radius 2 is 2.15 bits per heavy atom. The number of hydrogen-bond acceptors (Lipinski definition) is 5. The minimum absolute atomic E-state index is 0.213. The minimum atomic E-state index is -4.36. The number of nitrogens with zero attached hydrogens (tertiary/aromatic N) is 1. The molecule has 1 aromatic heterocycles. The SMILES string of the molecule is CCCOc1cncc(C(COCC(F)(F)F)NN)c1. The second-order valence-electron chi connectivity index (χ2n) is 4.15. The normalized spacial score (nSPS) is 13.2. The van der Waals surface area contributed by atoms with E-state index in [4.69, 9.17) is 10.6 Å². The summed E-state index contributed by atoms with van der Waals surface area (Å²) >= 11 is 0. The number of alkyl halides is 3. The third kappa shape index (κ3) is 6.18. The number of rotatable bonds is 8. The Morgan fingerprint density at radius 1 is 1.40 bits per heavy atom. The summed E-state index contributed by atoms with van der Waals surface area (Å²) in [7, 11) is 0. The molecule has 0 aliphatic heterocycles. The van der Waals surface area contributed by atoms with Gasteiger partial charge in [-0.3, -0.25) is 16.3 Å². The Kier molecular flexibility index (Phi) is 6.69. The van der Waals surface area contributed by atoms with Gasteiger partial charge >= 0.3 is 6.18 Å². The van der Waals surface area contributed by atoms with Crippen LogP contribution < -0.4 is 16.0 Å². The van der Waals surface area contributed by atoms with Crippen molar-refractivity contribution in [3.05, 3.63) is 24.0 Å². The highest BCUT2D eigenvalue weighted by molar-refractivity contribution is 5.26. The van der Waals surface area contributed by atoms with E-state index < -0.39 is 18.8 Å². The maximum absolute atomic E-state index is 12.0. The minimum Gasteiger partial charge on any atom is -0.492 e. The van der Waals surface area contributed by atoms with Gasteiger partial charge in [-0.25, -0.2) is 0 Å². The topological polar surface area (TPSA) is 69.4 Å². The third-order valence-corrected chi connectivity index (χ3v) is 2.36. The summed E-state index contributed by atoms with van der Waals surface area (Å²) in [5.74, 6) is 5.87. The first-order valence-electron chi connectivity index (χ1n) is 6.14. The first-order chi connectivity index (χ1) is 9.46. The van der Waals surface area contributed by atoms with Crippen LogP contribution in [0, 0.1) is 0 Å². The zero-order valence-electron chi connectivity index (χ0n) is 11.1. The van der Waals surface area contributed by atoms with Crippen molar-refractivity contribution >= 4 is 0 Å². The van der Waals surface area contributed by atoms with E-state index in [1.807, 2.05) is 6.92 Å². The fraction of sp³-hybridized carbons (Fsp3) is 0.583. The van der Waals surface area contributed by atoms with E-state index in [2.05, 4.69) is 15.1 Å². The summed E-state index contributed by atoms with van der Waals surface area (Å²) in [6.07, 6.45) is -0.482. The van der Waals surface area contributed by atoms with Crippen LogP contribution in [0.3, 0.4) is 0 Å². The molecule has 1 unspecified atom stereocenters. The van der Waals surface area contributed by atoms with Gasteiger partial charge in [-0.2, -0.15) is 13.2 Å². The highest BCUT2D eigenvalue weighted by Gasteiger charge is 2.28. The lowest BCUT2D eigenvalue weighted by molar-refractivity contribution is -0.175. The lowest BCUT2D eigenvalue weighted by Crippen LogP contribution is -2.32. The van der Waals surface area contributed by atoms with Crippen LogP contribution in [0.15, 0.2) is 18.5 Å². The number of nitrogens with one attached hydrogen (secondary N) is 1. The Bertz CT molecular complexity index is 402. The van der Waals surface area contributed by atoms with E-state index >= 15 is 0 Å². The molecule has 20 heavy (non-hydrogen) atoms. The zero-order valence-corrected chi connectivity index (χ0v) is 11.1. The fourth-order valence-corrected chi connectivity index (χ4v) is 1.46. The van der Waals surface area contributed by atoms with Crippen molar-refractivity contribution in [2.45, 2.75) is 25.6 Å². The van der Waals surface area contributed by atoms with Crippen molar-refractivity contribution in [3.63, 3.8) is 0 Å². The lowest BCUT2D eigenvalue weighted by atomic mass is 10.1. The molecule has 0 saturated heterocycles. The molecular formula is C12H18F3N3O2. The van der Waals surface area contributed by atoms with Crippen LogP contribution in [0.4, 0.5) is 13.2 Å². The molecular weight excluding hydrogens is 275 g/mol. The van der Waals surface area contributed by atoms with Crippen molar-refractivity contribution in [1.82, 2.24) is 10.4 Å². The molecule has 0 aliphatic carbocycles. The van der Waals surface area contributed by atoms with E-state index in [1.165, 1.54) is 12.4 Å². The van der Waals surface area contributed by atoms with Gasteiger partial charge in [0, 0.05) is 6.20 Å². The quantitative estimate of drug-likeness (QED) is 0.566. The smallest absolute Gasteiger partial charge is 0.411 e. The Hall–Kier alpha value is -1.38. The van der Waals surface area contributed by atoms with Crippen LogP contribution in [0.1, 0.15) is 24.9 Å². The first-order valence-corrected chi connectivity index (χ1v) is 6.14. The fourth-order valence-electron chi connectivity index (χ4n) is 1.46. The van der Waals surface area contributed by atoms with Gasteiger partial charge in [0.15, 0.2) is 0 Å². The van der Waals surface area contributed by atoms with Gasteiger partial charge in [-0.05, 0) is 18.1 Å². The Balaban J connectivity index is 2.60. The van der Waals surface area contributed by atoms with Gasteiger partial charge in [0.1, 0.15) is 12.4 Å². The Morgan fingerprint density at radius 3 is 2.75 bits per heavy atom. The van der Waals surface area contributed by atoms with Crippen molar-refractivity contribution < 1.29 is 22.6 Å². The van der Waals surface area contributed by atoms with Crippen LogP contribution in [0.5, 0.6) is 5.75 Å². The molecule has 1 atom stereocenters. The summed E-state index contributed by atoms with van der Waals surface area (Å²) in [5.41, 5.74) is 3.00. The number of hydrazine groups is 1. The van der Waals surface area contributed by atoms with E-state index in [9.17, 15) is 13.2 Å². The number of pyridine rings is 1. The summed E-state index contributed by atoms with van der Waals surface area (Å²) in [4.78, 5) is 3.96. The second-order valence-corrected chi connectivity index (χ2v) is 4.15. The summed E-state index contributed by atoms with van der Waals surface area (Å²) in [6, 6.07) is 1.08. The predicted molar refractivity (Wildman–Crippen MR) is 67.0 cm³/mol. The summed E-state index contributed by atoms with van der Waals surface area (Å²) in [5, 5.41) is 0. The van der Waals surface area contributed by atoms with E-state index in [1.54, 1.807) is 6.07 Å². The average molecular weight is 293 g/mol. The van der Waals surface area contributed by atoms with Gasteiger partial charge < -0.3 is 9.47 Å². The predicted octanol–water partition coefficient (Wildman–Crippen LogP) is 1.95. The van der Waals surface area contributed by atoms with Gasteiger partial charge in [0.25, 0.3) is 0 Å². The van der Waals surface area contributed by atoms with Crippen molar-refractivity contribution in [2.24, 2.45) is 5.84 Å².